The number of ether oxygens (including phenoxy) is 2. The lowest BCUT2D eigenvalue weighted by Gasteiger charge is -2.17. The summed E-state index contributed by atoms with van der Waals surface area (Å²) >= 11 is 0. The first-order valence-electron chi connectivity index (χ1n) is 9.95. The lowest BCUT2D eigenvalue weighted by atomic mass is 10.1. The van der Waals surface area contributed by atoms with Crippen molar-refractivity contribution in [1.29, 1.82) is 0 Å². The molecule has 1 aliphatic heterocycles. The quantitative estimate of drug-likeness (QED) is 0.430. The molecule has 31 heavy (non-hydrogen) atoms. The van der Waals surface area contributed by atoms with Crippen LogP contribution < -0.4 is 13.8 Å². The zero-order valence-corrected chi connectivity index (χ0v) is 18.3. The number of carbonyl (C=O) groups is 2. The standard InChI is InChI=1S/C22H25NO7S/c1-3-12-31(26,27)30-20-10-6-18(7-11-20)23-14-16(13-21(23)24)15-29-19-8-4-17(5-9-19)22(25)28-2/h4-11,16H,3,12-15H2,1-2H3. The van der Waals surface area contributed by atoms with Crippen LogP contribution >= 0.6 is 0 Å². The van der Waals surface area contributed by atoms with Crippen LogP contribution in [0, 0.1) is 5.92 Å². The molecule has 1 fully saturated rings. The summed E-state index contributed by atoms with van der Waals surface area (Å²) in [5, 5.41) is 0. The van der Waals surface area contributed by atoms with Crippen molar-refractivity contribution in [3.8, 4) is 11.5 Å². The van der Waals surface area contributed by atoms with Gasteiger partial charge >= 0.3 is 16.1 Å². The highest BCUT2D eigenvalue weighted by molar-refractivity contribution is 7.87. The van der Waals surface area contributed by atoms with Crippen molar-refractivity contribution in [2.24, 2.45) is 5.92 Å². The lowest BCUT2D eigenvalue weighted by molar-refractivity contribution is -0.117. The van der Waals surface area contributed by atoms with Crippen LogP contribution in [0.1, 0.15) is 30.1 Å². The maximum Gasteiger partial charge on any atom is 0.337 e. The van der Waals surface area contributed by atoms with E-state index in [-0.39, 0.29) is 23.3 Å². The summed E-state index contributed by atoms with van der Waals surface area (Å²) in [4.78, 5) is 25.6. The van der Waals surface area contributed by atoms with Crippen molar-refractivity contribution in [3.05, 3.63) is 54.1 Å². The average Bonchev–Trinajstić information content (AvgIpc) is 3.12. The molecule has 8 nitrogen and oxygen atoms in total. The molecule has 3 rings (SSSR count). The molecule has 1 unspecified atom stereocenters. The third-order valence-electron chi connectivity index (χ3n) is 4.79. The van der Waals surface area contributed by atoms with Crippen LogP contribution in [0.15, 0.2) is 48.5 Å². The van der Waals surface area contributed by atoms with Crippen LogP contribution in [0.2, 0.25) is 0 Å². The Kier molecular flexibility index (Phi) is 7.17. The highest BCUT2D eigenvalue weighted by Crippen LogP contribution is 2.28. The normalized spacial score (nSPS) is 16.3. The molecular weight excluding hydrogens is 422 g/mol. The molecule has 1 saturated heterocycles. The monoisotopic (exact) mass is 447 g/mol. The molecule has 0 aliphatic carbocycles. The zero-order valence-electron chi connectivity index (χ0n) is 17.4. The molecule has 1 heterocycles. The maximum absolute atomic E-state index is 12.4. The predicted octanol–water partition coefficient (Wildman–Crippen LogP) is 3.02. The van der Waals surface area contributed by atoms with Crippen LogP contribution in [-0.2, 0) is 19.6 Å². The fraction of sp³-hybridized carbons (Fsp3) is 0.364. The lowest BCUT2D eigenvalue weighted by Crippen LogP contribution is -2.25. The van der Waals surface area contributed by atoms with Crippen molar-refractivity contribution >= 4 is 27.7 Å². The van der Waals surface area contributed by atoms with Gasteiger partial charge in [-0.15, -0.1) is 0 Å². The van der Waals surface area contributed by atoms with Crippen molar-refractivity contribution in [2.75, 3.05) is 30.9 Å². The highest BCUT2D eigenvalue weighted by Gasteiger charge is 2.31. The third kappa shape index (κ3) is 5.97. The molecule has 9 heteroatoms. The Labute approximate surface area is 181 Å². The number of esters is 1. The van der Waals surface area contributed by atoms with Crippen LogP contribution in [-0.4, -0.2) is 46.3 Å². The number of benzene rings is 2. The van der Waals surface area contributed by atoms with Gasteiger partial charge in [-0.2, -0.15) is 8.42 Å². The Bertz CT molecular complexity index is 1020. The van der Waals surface area contributed by atoms with Crippen molar-refractivity contribution in [2.45, 2.75) is 19.8 Å². The largest absolute Gasteiger partial charge is 0.493 e. The fourth-order valence-electron chi connectivity index (χ4n) is 3.28. The molecule has 2 aromatic carbocycles. The number of nitrogens with zero attached hydrogens (tertiary/aromatic N) is 1. The minimum Gasteiger partial charge on any atom is -0.493 e. The van der Waals surface area contributed by atoms with E-state index < -0.39 is 16.1 Å². The first-order valence-corrected chi connectivity index (χ1v) is 11.5. The molecular formula is C22H25NO7S. The van der Waals surface area contributed by atoms with Crippen LogP contribution in [0.25, 0.3) is 0 Å². The fourth-order valence-corrected chi connectivity index (χ4v) is 4.27. The zero-order chi connectivity index (χ0) is 22.4. The van der Waals surface area contributed by atoms with E-state index in [4.69, 9.17) is 8.92 Å². The van der Waals surface area contributed by atoms with E-state index >= 15 is 0 Å². The number of carbonyl (C=O) groups excluding carboxylic acids is 2. The summed E-state index contributed by atoms with van der Waals surface area (Å²) in [7, 11) is -2.28. The summed E-state index contributed by atoms with van der Waals surface area (Å²) in [6, 6.07) is 13.0. The van der Waals surface area contributed by atoms with E-state index in [1.165, 1.54) is 7.11 Å². The van der Waals surface area contributed by atoms with Crippen molar-refractivity contribution in [1.82, 2.24) is 0 Å². The molecule has 1 amide bonds. The third-order valence-corrected chi connectivity index (χ3v) is 6.15. The van der Waals surface area contributed by atoms with E-state index in [2.05, 4.69) is 4.74 Å². The molecule has 0 saturated carbocycles. The number of amides is 1. The molecule has 166 valence electrons. The van der Waals surface area contributed by atoms with Crippen LogP contribution in [0.3, 0.4) is 0 Å². The summed E-state index contributed by atoms with van der Waals surface area (Å²) in [6.07, 6.45) is 0.824. The summed E-state index contributed by atoms with van der Waals surface area (Å²) in [6.45, 7) is 2.62. The minimum absolute atomic E-state index is 0.00800. The second-order valence-corrected chi connectivity index (χ2v) is 8.93. The molecule has 1 atom stereocenters. The number of rotatable bonds is 9. The topological polar surface area (TPSA) is 99.2 Å². The number of anilines is 1. The number of hydrogen-bond donors (Lipinski definition) is 0. The smallest absolute Gasteiger partial charge is 0.337 e. The average molecular weight is 448 g/mol. The second-order valence-electron chi connectivity index (χ2n) is 7.24. The van der Waals surface area contributed by atoms with Gasteiger partial charge in [0, 0.05) is 24.6 Å². The van der Waals surface area contributed by atoms with Crippen LogP contribution in [0.5, 0.6) is 11.5 Å². The molecule has 0 N–H and O–H groups in total. The maximum atomic E-state index is 12.4. The summed E-state index contributed by atoms with van der Waals surface area (Å²) in [5.41, 5.74) is 1.11. The Morgan fingerprint density at radius 3 is 2.32 bits per heavy atom. The first kappa shape index (κ1) is 22.6. The second kappa shape index (κ2) is 9.82. The van der Waals surface area contributed by atoms with Gasteiger partial charge in [0.25, 0.3) is 0 Å². The molecule has 1 aliphatic rings. The summed E-state index contributed by atoms with van der Waals surface area (Å²) < 4.78 is 39.0. The van der Waals surface area contributed by atoms with Gasteiger partial charge in [-0.25, -0.2) is 4.79 Å². The Hall–Kier alpha value is -3.07. The van der Waals surface area contributed by atoms with E-state index in [9.17, 15) is 18.0 Å². The van der Waals surface area contributed by atoms with Gasteiger partial charge in [0.15, 0.2) is 0 Å². The number of methoxy groups -OCH3 is 1. The summed E-state index contributed by atoms with van der Waals surface area (Å²) in [5.74, 6) is 0.345. The van der Waals surface area contributed by atoms with E-state index in [1.807, 2.05) is 0 Å². The van der Waals surface area contributed by atoms with Gasteiger partial charge in [0.05, 0.1) is 25.0 Å². The van der Waals surface area contributed by atoms with Crippen molar-refractivity contribution in [3.63, 3.8) is 0 Å². The highest BCUT2D eigenvalue weighted by atomic mass is 32.2. The predicted molar refractivity (Wildman–Crippen MR) is 115 cm³/mol. The van der Waals surface area contributed by atoms with Gasteiger partial charge in [-0.3, -0.25) is 4.79 Å². The molecule has 2 aromatic rings. The molecule has 0 spiro atoms. The van der Waals surface area contributed by atoms with Gasteiger partial charge in [0.1, 0.15) is 11.5 Å². The molecule has 0 bridgehead atoms. The van der Waals surface area contributed by atoms with Crippen LogP contribution in [0.4, 0.5) is 5.69 Å². The van der Waals surface area contributed by atoms with Gasteiger partial charge in [-0.05, 0) is 55.0 Å². The van der Waals surface area contributed by atoms with Gasteiger partial charge in [-0.1, -0.05) is 6.92 Å². The number of hydrogen-bond acceptors (Lipinski definition) is 7. The van der Waals surface area contributed by atoms with E-state index in [1.54, 1.807) is 60.4 Å². The Morgan fingerprint density at radius 2 is 1.71 bits per heavy atom. The molecule has 0 aromatic heterocycles. The Balaban J connectivity index is 1.55. The van der Waals surface area contributed by atoms with Crippen molar-refractivity contribution < 1.29 is 31.7 Å². The van der Waals surface area contributed by atoms with E-state index in [0.717, 1.165) is 0 Å². The molecule has 0 radical (unpaired) electrons. The van der Waals surface area contributed by atoms with Gasteiger partial charge in [0.2, 0.25) is 5.91 Å². The van der Waals surface area contributed by atoms with E-state index in [0.29, 0.717) is 43.0 Å². The minimum atomic E-state index is -3.60. The SMILES string of the molecule is CCCS(=O)(=O)Oc1ccc(N2CC(COc3ccc(C(=O)OC)cc3)CC2=O)cc1. The Morgan fingerprint density at radius 1 is 1.06 bits per heavy atom. The van der Waals surface area contributed by atoms with Gasteiger partial charge < -0.3 is 18.6 Å². The first-order chi connectivity index (χ1) is 14.8.